The maximum Gasteiger partial charge on any atom is 0.255 e. The van der Waals surface area contributed by atoms with Gasteiger partial charge in [0.05, 0.1) is 26.8 Å². The molecule has 0 aliphatic rings. The highest BCUT2D eigenvalue weighted by Gasteiger charge is 2.11. The van der Waals surface area contributed by atoms with Gasteiger partial charge in [0.1, 0.15) is 5.82 Å². The molecule has 0 saturated heterocycles. The number of carbonyl (C=O) groups is 1. The summed E-state index contributed by atoms with van der Waals surface area (Å²) < 4.78 is 1.10. The van der Waals surface area contributed by atoms with Gasteiger partial charge in [-0.1, -0.05) is 0 Å². The van der Waals surface area contributed by atoms with E-state index in [1.54, 1.807) is 22.9 Å². The van der Waals surface area contributed by atoms with E-state index in [0.29, 0.717) is 5.56 Å². The predicted molar refractivity (Wildman–Crippen MR) is 123 cm³/mol. The smallest absolute Gasteiger partial charge is 0.255 e. The number of anilines is 2. The Hall–Kier alpha value is -3.71. The van der Waals surface area contributed by atoms with Crippen LogP contribution in [0.1, 0.15) is 10.4 Å². The summed E-state index contributed by atoms with van der Waals surface area (Å²) in [5, 5.41) is 2.95. The number of benzene rings is 3. The summed E-state index contributed by atoms with van der Waals surface area (Å²) in [6.07, 6.45) is 0. The predicted octanol–water partition coefficient (Wildman–Crippen LogP) is 5.16. The number of H-pyrrole nitrogens is 1. The fourth-order valence-electron chi connectivity index (χ4n) is 3.34. The average Bonchev–Trinajstić information content (AvgIpc) is 3.39. The summed E-state index contributed by atoms with van der Waals surface area (Å²) in [7, 11) is 4.02. The number of thiazole rings is 1. The summed E-state index contributed by atoms with van der Waals surface area (Å²) in [4.78, 5) is 27.1. The van der Waals surface area contributed by atoms with Gasteiger partial charge in [-0.2, -0.15) is 0 Å². The third kappa shape index (κ3) is 3.40. The zero-order valence-electron chi connectivity index (χ0n) is 16.5. The molecule has 5 rings (SSSR count). The lowest BCUT2D eigenvalue weighted by molar-refractivity contribution is 0.102. The van der Waals surface area contributed by atoms with Crippen molar-refractivity contribution in [1.82, 2.24) is 15.0 Å². The van der Waals surface area contributed by atoms with Crippen LogP contribution in [0.25, 0.3) is 32.6 Å². The molecule has 0 spiro atoms. The minimum atomic E-state index is -0.169. The molecule has 3 aromatic carbocycles. The summed E-state index contributed by atoms with van der Waals surface area (Å²) in [6.45, 7) is 0. The first-order valence-corrected chi connectivity index (χ1v) is 10.4. The van der Waals surface area contributed by atoms with Gasteiger partial charge in [0, 0.05) is 36.6 Å². The molecule has 6 nitrogen and oxygen atoms in total. The van der Waals surface area contributed by atoms with E-state index < -0.39 is 0 Å². The maximum absolute atomic E-state index is 12.7. The quantitative estimate of drug-likeness (QED) is 0.427. The van der Waals surface area contributed by atoms with Crippen LogP contribution in [0.2, 0.25) is 0 Å². The fraction of sp³-hybridized carbons (Fsp3) is 0.0870. The normalized spacial score (nSPS) is 11.1. The van der Waals surface area contributed by atoms with Gasteiger partial charge in [-0.3, -0.25) is 4.79 Å². The Morgan fingerprint density at radius 3 is 2.63 bits per heavy atom. The first-order valence-electron chi connectivity index (χ1n) is 9.49. The second kappa shape index (κ2) is 7.27. The van der Waals surface area contributed by atoms with E-state index in [2.05, 4.69) is 37.3 Å². The molecule has 0 saturated carbocycles. The van der Waals surface area contributed by atoms with Gasteiger partial charge in [-0.15, -0.1) is 11.3 Å². The monoisotopic (exact) mass is 413 g/mol. The lowest BCUT2D eigenvalue weighted by atomic mass is 10.2. The van der Waals surface area contributed by atoms with Gasteiger partial charge in [0.15, 0.2) is 0 Å². The number of aromatic amines is 1. The van der Waals surface area contributed by atoms with Gasteiger partial charge in [0.25, 0.3) is 5.91 Å². The molecule has 2 aromatic heterocycles. The SMILES string of the molecule is CN(C)c1ccc(-c2nc3ccc(C(=O)Nc4ccc5scnc5c4)cc3[nH]2)cc1. The standard InChI is InChI=1S/C23H19N5OS/c1-28(2)17-7-3-14(4-8-17)22-26-18-9-5-15(11-19(18)27-22)23(29)25-16-6-10-21-20(12-16)24-13-30-21/h3-13H,1-2H3,(H,25,29)(H,26,27). The Bertz CT molecular complexity index is 1370. The molecule has 0 aliphatic heterocycles. The highest BCUT2D eigenvalue weighted by Crippen LogP contribution is 2.25. The number of nitrogens with one attached hydrogen (secondary N) is 2. The lowest BCUT2D eigenvalue weighted by Gasteiger charge is -2.11. The Balaban J connectivity index is 1.40. The number of aromatic nitrogens is 3. The Morgan fingerprint density at radius 1 is 1.00 bits per heavy atom. The Labute approximate surface area is 177 Å². The van der Waals surface area contributed by atoms with Crippen LogP contribution >= 0.6 is 11.3 Å². The third-order valence-corrected chi connectivity index (χ3v) is 5.80. The van der Waals surface area contributed by atoms with Crippen LogP contribution < -0.4 is 10.2 Å². The lowest BCUT2D eigenvalue weighted by Crippen LogP contribution is -2.11. The highest BCUT2D eigenvalue weighted by atomic mass is 32.1. The molecule has 7 heteroatoms. The van der Waals surface area contributed by atoms with E-state index in [1.165, 1.54) is 0 Å². The van der Waals surface area contributed by atoms with Crippen LogP contribution in [-0.4, -0.2) is 35.0 Å². The number of rotatable bonds is 4. The second-order valence-electron chi connectivity index (χ2n) is 7.25. The van der Waals surface area contributed by atoms with E-state index in [-0.39, 0.29) is 5.91 Å². The number of amides is 1. The van der Waals surface area contributed by atoms with Crippen molar-refractivity contribution in [1.29, 1.82) is 0 Å². The average molecular weight is 414 g/mol. The van der Waals surface area contributed by atoms with E-state index in [0.717, 1.165) is 44.0 Å². The van der Waals surface area contributed by atoms with Crippen molar-refractivity contribution < 1.29 is 4.79 Å². The molecule has 0 unspecified atom stereocenters. The fourth-order valence-corrected chi connectivity index (χ4v) is 4.00. The molecule has 5 aromatic rings. The number of hydrogen-bond acceptors (Lipinski definition) is 5. The number of imidazole rings is 1. The number of hydrogen-bond donors (Lipinski definition) is 2. The topological polar surface area (TPSA) is 73.9 Å². The number of nitrogens with zero attached hydrogens (tertiary/aromatic N) is 3. The molecule has 30 heavy (non-hydrogen) atoms. The zero-order chi connectivity index (χ0) is 20.7. The van der Waals surface area contributed by atoms with E-state index in [4.69, 9.17) is 0 Å². The molecule has 0 radical (unpaired) electrons. The molecule has 0 aliphatic carbocycles. The summed E-state index contributed by atoms with van der Waals surface area (Å²) >= 11 is 1.58. The minimum absolute atomic E-state index is 0.169. The van der Waals surface area contributed by atoms with Crippen molar-refractivity contribution in [3.05, 3.63) is 71.7 Å². The van der Waals surface area contributed by atoms with Gasteiger partial charge in [-0.25, -0.2) is 9.97 Å². The van der Waals surface area contributed by atoms with E-state index in [9.17, 15) is 4.79 Å². The first-order chi connectivity index (χ1) is 14.6. The second-order valence-corrected chi connectivity index (χ2v) is 8.13. The maximum atomic E-state index is 12.7. The van der Waals surface area contributed by atoms with Crippen LogP contribution in [0.15, 0.2) is 66.2 Å². The minimum Gasteiger partial charge on any atom is -0.378 e. The highest BCUT2D eigenvalue weighted by molar-refractivity contribution is 7.16. The van der Waals surface area contributed by atoms with Gasteiger partial charge in [-0.05, 0) is 60.7 Å². The van der Waals surface area contributed by atoms with Gasteiger partial charge < -0.3 is 15.2 Å². The van der Waals surface area contributed by atoms with Gasteiger partial charge in [0.2, 0.25) is 0 Å². The van der Waals surface area contributed by atoms with Gasteiger partial charge >= 0.3 is 0 Å². The van der Waals surface area contributed by atoms with Crippen molar-refractivity contribution in [3.8, 4) is 11.4 Å². The molecule has 0 bridgehead atoms. The molecular formula is C23H19N5OS. The van der Waals surface area contributed by atoms with Crippen LogP contribution in [0, 0.1) is 0 Å². The Morgan fingerprint density at radius 2 is 1.83 bits per heavy atom. The van der Waals surface area contributed by atoms with Crippen molar-refractivity contribution >= 4 is 49.9 Å². The van der Waals surface area contributed by atoms with Crippen LogP contribution in [-0.2, 0) is 0 Å². The molecule has 2 N–H and O–H groups in total. The summed E-state index contributed by atoms with van der Waals surface area (Å²) in [6, 6.07) is 19.4. The Kier molecular flexibility index (Phi) is 4.44. The van der Waals surface area contributed by atoms with Crippen molar-refractivity contribution in [2.45, 2.75) is 0 Å². The first kappa shape index (κ1) is 18.3. The molecule has 0 atom stereocenters. The molecule has 2 heterocycles. The number of fused-ring (bicyclic) bond motifs is 2. The summed E-state index contributed by atoms with van der Waals surface area (Å²) in [5.74, 6) is 0.611. The van der Waals surface area contributed by atoms with E-state index in [1.807, 2.05) is 56.6 Å². The molecule has 1 amide bonds. The molecule has 0 fully saturated rings. The molecular weight excluding hydrogens is 394 g/mol. The van der Waals surface area contributed by atoms with Crippen molar-refractivity contribution in [3.63, 3.8) is 0 Å². The largest absolute Gasteiger partial charge is 0.378 e. The third-order valence-electron chi connectivity index (χ3n) is 4.99. The summed E-state index contributed by atoms with van der Waals surface area (Å²) in [5.41, 5.74) is 7.75. The zero-order valence-corrected chi connectivity index (χ0v) is 17.3. The van der Waals surface area contributed by atoms with E-state index >= 15 is 0 Å². The van der Waals surface area contributed by atoms with Crippen molar-refractivity contribution in [2.24, 2.45) is 0 Å². The van der Waals surface area contributed by atoms with Crippen molar-refractivity contribution in [2.75, 3.05) is 24.3 Å². The van der Waals surface area contributed by atoms with Crippen LogP contribution in [0.5, 0.6) is 0 Å². The molecule has 148 valence electrons. The number of carbonyl (C=O) groups excluding carboxylic acids is 1. The van der Waals surface area contributed by atoms with Crippen LogP contribution in [0.3, 0.4) is 0 Å². The van der Waals surface area contributed by atoms with Crippen LogP contribution in [0.4, 0.5) is 11.4 Å².